The molecule has 21 heteroatoms. The summed E-state index contributed by atoms with van der Waals surface area (Å²) in [4.78, 5) is 62.8. The van der Waals surface area contributed by atoms with E-state index in [0.717, 1.165) is 10.8 Å². The van der Waals surface area contributed by atoms with Crippen molar-refractivity contribution in [1.82, 2.24) is 14.5 Å². The molecular formula is C18H32F4N3O11P3. The van der Waals surface area contributed by atoms with Gasteiger partial charge in [0, 0.05) is 18.2 Å². The number of aromatic nitrogens is 2. The van der Waals surface area contributed by atoms with Gasteiger partial charge >= 0.3 is 39.5 Å². The van der Waals surface area contributed by atoms with Gasteiger partial charge in [-0.25, -0.2) is 9.11 Å². The van der Waals surface area contributed by atoms with E-state index >= 15 is 0 Å². The topological polar surface area (TPSA) is 209 Å². The summed E-state index contributed by atoms with van der Waals surface area (Å²) in [5, 5.41) is -5.94. The standard InChI is InChI=1S/C12H17F4N2O11P3.C6H15N/c1-6-5-18(10(20)17-9(6)19)8-3-2-7(28-8)4-11(13,14)31(24,25)29-32(26,27)12(15,16)30(21,22)23;1-4-7(5-2)6-3/h5,7-8H,2-4H2,1H3,(H,24,25)(H,26,27)(H,17,19,20)(H2,21,22,23);4-6H2,1-3H3/t7-,8?;/m0./s1. The van der Waals surface area contributed by atoms with Crippen LogP contribution >= 0.6 is 22.8 Å². The Morgan fingerprint density at radius 2 is 1.54 bits per heavy atom. The van der Waals surface area contributed by atoms with Crippen LogP contribution in [0.2, 0.25) is 0 Å². The number of alkyl halides is 4. The molecule has 2 heterocycles. The van der Waals surface area contributed by atoms with Crippen LogP contribution in [-0.4, -0.2) is 70.8 Å². The van der Waals surface area contributed by atoms with Crippen LogP contribution in [0.25, 0.3) is 0 Å². The minimum Gasteiger partial charge on any atom is -0.354 e. The Hall–Kier alpha value is -1.19. The number of halogens is 4. The van der Waals surface area contributed by atoms with Gasteiger partial charge in [0.25, 0.3) is 5.56 Å². The molecule has 228 valence electrons. The molecule has 0 radical (unpaired) electrons. The largest absolute Gasteiger partial charge is 0.444 e. The van der Waals surface area contributed by atoms with Crippen LogP contribution < -0.4 is 11.2 Å². The maximum absolute atomic E-state index is 14.3. The summed E-state index contributed by atoms with van der Waals surface area (Å²) in [5.41, 5.74) is -6.52. The van der Waals surface area contributed by atoms with Crippen LogP contribution in [0.1, 0.15) is 51.8 Å². The van der Waals surface area contributed by atoms with Crippen molar-refractivity contribution >= 4 is 22.8 Å². The molecule has 0 spiro atoms. The fraction of sp³-hybridized carbons (Fsp3) is 0.778. The number of aromatic amines is 1. The Labute approximate surface area is 220 Å². The minimum absolute atomic E-state index is 0.0833. The third-order valence-electron chi connectivity index (χ3n) is 5.68. The van der Waals surface area contributed by atoms with Crippen molar-refractivity contribution in [3.63, 3.8) is 0 Å². The SMILES string of the molecule is CCN(CC)CC.Cc1cn(C2CC[C@@H](CC(F)(F)P(=O)(O)OP(=O)(O)C(F)(F)P(=O)(O)O)O2)c(=O)[nH]c1=O. The molecule has 1 saturated heterocycles. The molecule has 1 aromatic heterocycles. The number of nitrogens with zero attached hydrogens (tertiary/aromatic N) is 2. The Morgan fingerprint density at radius 1 is 1.03 bits per heavy atom. The lowest BCUT2D eigenvalue weighted by atomic mass is 10.2. The van der Waals surface area contributed by atoms with E-state index in [0.29, 0.717) is 0 Å². The van der Waals surface area contributed by atoms with Crippen molar-refractivity contribution in [1.29, 1.82) is 0 Å². The van der Waals surface area contributed by atoms with E-state index < -0.39 is 63.9 Å². The van der Waals surface area contributed by atoms with Gasteiger partial charge in [-0.05, 0) is 39.4 Å². The summed E-state index contributed by atoms with van der Waals surface area (Å²) in [5.74, 6) is 0. The van der Waals surface area contributed by atoms with Gasteiger partial charge in [-0.15, -0.1) is 0 Å². The molecule has 39 heavy (non-hydrogen) atoms. The lowest BCUT2D eigenvalue weighted by Gasteiger charge is -2.28. The minimum atomic E-state index is -7.07. The first-order chi connectivity index (χ1) is 17.6. The van der Waals surface area contributed by atoms with Gasteiger partial charge < -0.3 is 29.2 Å². The molecule has 0 saturated carbocycles. The third-order valence-corrected chi connectivity index (χ3v) is 11.4. The van der Waals surface area contributed by atoms with Crippen molar-refractivity contribution in [3.05, 3.63) is 32.6 Å². The Morgan fingerprint density at radius 3 is 1.97 bits per heavy atom. The highest BCUT2D eigenvalue weighted by molar-refractivity contribution is 7.76. The van der Waals surface area contributed by atoms with E-state index in [9.17, 15) is 45.7 Å². The second kappa shape index (κ2) is 13.2. The highest BCUT2D eigenvalue weighted by atomic mass is 31.3. The highest BCUT2D eigenvalue weighted by Crippen LogP contribution is 2.79. The average Bonchev–Trinajstić information content (AvgIpc) is 3.23. The van der Waals surface area contributed by atoms with E-state index in [1.165, 1.54) is 26.6 Å². The van der Waals surface area contributed by atoms with Crippen molar-refractivity contribution < 1.29 is 59.9 Å². The second-order valence-corrected chi connectivity index (χ2v) is 14.4. The average molecular weight is 635 g/mol. The molecule has 5 N–H and O–H groups in total. The van der Waals surface area contributed by atoms with Crippen molar-refractivity contribution in [2.45, 2.75) is 70.4 Å². The van der Waals surface area contributed by atoms with Gasteiger partial charge in [0.2, 0.25) is 0 Å². The molecule has 0 bridgehead atoms. The fourth-order valence-electron chi connectivity index (χ4n) is 3.33. The summed E-state index contributed by atoms with van der Waals surface area (Å²) >= 11 is 0. The van der Waals surface area contributed by atoms with Crippen LogP contribution in [0, 0.1) is 6.92 Å². The van der Waals surface area contributed by atoms with Crippen LogP contribution in [0.3, 0.4) is 0 Å². The van der Waals surface area contributed by atoms with Crippen molar-refractivity contribution in [2.24, 2.45) is 0 Å². The molecule has 4 atom stereocenters. The van der Waals surface area contributed by atoms with Crippen LogP contribution in [0.4, 0.5) is 17.6 Å². The second-order valence-electron chi connectivity index (χ2n) is 8.43. The zero-order valence-corrected chi connectivity index (χ0v) is 24.1. The van der Waals surface area contributed by atoms with Crippen LogP contribution in [0.15, 0.2) is 15.8 Å². The van der Waals surface area contributed by atoms with Gasteiger partial charge in [-0.1, -0.05) is 20.8 Å². The molecule has 1 aromatic rings. The molecule has 1 aliphatic rings. The first-order valence-electron chi connectivity index (χ1n) is 11.4. The van der Waals surface area contributed by atoms with Crippen LogP contribution in [-0.2, 0) is 22.7 Å². The molecule has 1 fully saturated rings. The Kier molecular flexibility index (Phi) is 12.1. The van der Waals surface area contributed by atoms with E-state index in [1.54, 1.807) is 0 Å². The monoisotopic (exact) mass is 635 g/mol. The number of hydrogen-bond donors (Lipinski definition) is 5. The number of ether oxygens (including phenoxy) is 1. The summed E-state index contributed by atoms with van der Waals surface area (Å²) < 4.78 is 98.5. The fourth-order valence-corrected chi connectivity index (χ4v) is 7.48. The number of hydrogen-bond acceptors (Lipinski definition) is 8. The van der Waals surface area contributed by atoms with Gasteiger partial charge in [0.05, 0.1) is 6.10 Å². The summed E-state index contributed by atoms with van der Waals surface area (Å²) in [6, 6.07) is 0. The lowest BCUT2D eigenvalue weighted by molar-refractivity contribution is -0.0485. The van der Waals surface area contributed by atoms with Gasteiger partial charge in [-0.2, -0.15) is 17.6 Å². The van der Waals surface area contributed by atoms with Crippen LogP contribution in [0.5, 0.6) is 0 Å². The first-order valence-corrected chi connectivity index (χ1v) is 16.2. The quantitative estimate of drug-likeness (QED) is 0.176. The molecule has 0 aliphatic carbocycles. The summed E-state index contributed by atoms with van der Waals surface area (Å²) in [6.45, 7) is 11.5. The molecule has 2 rings (SSSR count). The number of H-pyrrole nitrogens is 1. The zero-order valence-electron chi connectivity index (χ0n) is 21.4. The lowest BCUT2D eigenvalue weighted by Crippen LogP contribution is -2.33. The van der Waals surface area contributed by atoms with Gasteiger partial charge in [0.15, 0.2) is 0 Å². The molecule has 3 unspecified atom stereocenters. The van der Waals surface area contributed by atoms with Gasteiger partial charge in [-0.3, -0.25) is 28.0 Å². The third kappa shape index (κ3) is 8.65. The molecule has 0 aromatic carbocycles. The molecule has 0 amide bonds. The maximum atomic E-state index is 14.3. The first kappa shape index (κ1) is 35.8. The Bertz CT molecular complexity index is 1240. The molecule has 1 aliphatic heterocycles. The highest BCUT2D eigenvalue weighted by Gasteiger charge is 2.69. The van der Waals surface area contributed by atoms with Crippen molar-refractivity contribution in [3.8, 4) is 0 Å². The molecule has 14 nitrogen and oxygen atoms in total. The summed E-state index contributed by atoms with van der Waals surface area (Å²) in [7, 11) is -20.5. The van der Waals surface area contributed by atoms with Gasteiger partial charge in [0.1, 0.15) is 6.23 Å². The van der Waals surface area contributed by atoms with E-state index in [2.05, 4.69) is 30.0 Å². The van der Waals surface area contributed by atoms with E-state index in [1.807, 2.05) is 4.98 Å². The van der Waals surface area contributed by atoms with E-state index in [4.69, 9.17) is 19.4 Å². The summed E-state index contributed by atoms with van der Waals surface area (Å²) in [6.07, 6.45) is -3.70. The predicted molar refractivity (Wildman–Crippen MR) is 130 cm³/mol. The molecular weight excluding hydrogens is 603 g/mol. The number of aryl methyl sites for hydroxylation is 1. The number of rotatable bonds is 11. The maximum Gasteiger partial charge on any atom is 0.444 e. The number of nitrogens with one attached hydrogen (secondary N) is 1. The predicted octanol–water partition coefficient (Wildman–Crippen LogP) is 2.97. The zero-order chi connectivity index (χ0) is 30.6. The van der Waals surface area contributed by atoms with E-state index in [-0.39, 0.29) is 18.4 Å². The normalized spacial score (nSPS) is 21.7. The smallest absolute Gasteiger partial charge is 0.354 e. The Balaban J connectivity index is 0.000000956. The van der Waals surface area contributed by atoms with Crippen molar-refractivity contribution in [2.75, 3.05) is 19.6 Å².